The van der Waals surface area contributed by atoms with Crippen molar-refractivity contribution in [3.63, 3.8) is 0 Å². The van der Waals surface area contributed by atoms with Gasteiger partial charge in [-0.25, -0.2) is 4.79 Å². The van der Waals surface area contributed by atoms with Crippen molar-refractivity contribution in [1.29, 1.82) is 0 Å². The number of carbonyl (C=O) groups excluding carboxylic acids is 1. The van der Waals surface area contributed by atoms with E-state index in [1.54, 1.807) is 13.2 Å². The Balaban J connectivity index is 2.68. The van der Waals surface area contributed by atoms with Crippen molar-refractivity contribution in [2.45, 2.75) is 0 Å². The Hall–Kier alpha value is -2.43. The second-order valence-electron chi connectivity index (χ2n) is 3.71. The normalized spacial score (nSPS) is 10.1. The molecule has 100 valence electrons. The van der Waals surface area contributed by atoms with Gasteiger partial charge in [0.15, 0.2) is 11.5 Å². The highest BCUT2D eigenvalue weighted by atomic mass is 16.7. The predicted molar refractivity (Wildman–Crippen MR) is 70.1 cm³/mol. The Morgan fingerprint density at radius 3 is 2.16 bits per heavy atom. The van der Waals surface area contributed by atoms with Gasteiger partial charge in [-0.15, -0.1) is 0 Å². The van der Waals surface area contributed by atoms with Gasteiger partial charge in [-0.2, -0.15) is 0 Å². The quantitative estimate of drug-likeness (QED) is 0.628. The smallest absolute Gasteiger partial charge is 0.496 e. The van der Waals surface area contributed by atoms with Crippen LogP contribution in [0.1, 0.15) is 0 Å². The third-order valence-electron chi connectivity index (χ3n) is 2.72. The Morgan fingerprint density at radius 2 is 1.58 bits per heavy atom. The molecule has 0 saturated carbocycles. The molecule has 2 aromatic rings. The van der Waals surface area contributed by atoms with Crippen molar-refractivity contribution in [1.82, 2.24) is 0 Å². The van der Waals surface area contributed by atoms with Crippen molar-refractivity contribution in [2.75, 3.05) is 21.3 Å². The van der Waals surface area contributed by atoms with Crippen LogP contribution < -0.4 is 14.2 Å². The fourth-order valence-electron chi connectivity index (χ4n) is 1.84. The minimum atomic E-state index is -0.798. The molecule has 0 amide bonds. The second kappa shape index (κ2) is 5.48. The maximum Gasteiger partial charge on any atom is 0.513 e. The molecule has 2 rings (SSSR count). The van der Waals surface area contributed by atoms with E-state index in [2.05, 4.69) is 4.74 Å². The Morgan fingerprint density at radius 1 is 0.947 bits per heavy atom. The molecule has 0 bridgehead atoms. The Bertz CT molecular complexity index is 606. The van der Waals surface area contributed by atoms with Crippen molar-refractivity contribution < 1.29 is 23.7 Å². The van der Waals surface area contributed by atoms with Crippen LogP contribution in [0.3, 0.4) is 0 Å². The number of fused-ring (bicyclic) bond motifs is 1. The van der Waals surface area contributed by atoms with Crippen LogP contribution >= 0.6 is 0 Å². The third kappa shape index (κ3) is 2.40. The summed E-state index contributed by atoms with van der Waals surface area (Å²) in [5.41, 5.74) is 0. The number of benzene rings is 2. The molecule has 5 heteroatoms. The van der Waals surface area contributed by atoms with Crippen molar-refractivity contribution in [3.05, 3.63) is 30.3 Å². The summed E-state index contributed by atoms with van der Waals surface area (Å²) in [5, 5.41) is 1.54. The summed E-state index contributed by atoms with van der Waals surface area (Å²) in [6.45, 7) is 0. The predicted octanol–water partition coefficient (Wildman–Crippen LogP) is 3.00. The molecule has 0 atom stereocenters. The average molecular weight is 262 g/mol. The first-order chi connectivity index (χ1) is 9.21. The summed E-state index contributed by atoms with van der Waals surface area (Å²) in [6.07, 6.45) is -0.798. The monoisotopic (exact) mass is 262 g/mol. The van der Waals surface area contributed by atoms with Crippen LogP contribution in [0.5, 0.6) is 17.2 Å². The minimum absolute atomic E-state index is 0.311. The van der Waals surface area contributed by atoms with E-state index in [0.29, 0.717) is 22.6 Å². The fourth-order valence-corrected chi connectivity index (χ4v) is 1.84. The second-order valence-corrected chi connectivity index (χ2v) is 3.71. The molecule has 0 heterocycles. The van der Waals surface area contributed by atoms with Gasteiger partial charge in [-0.05, 0) is 0 Å². The van der Waals surface area contributed by atoms with E-state index < -0.39 is 6.16 Å². The van der Waals surface area contributed by atoms with E-state index in [-0.39, 0.29) is 0 Å². The minimum Gasteiger partial charge on any atom is -0.496 e. The molecule has 0 N–H and O–H groups in total. The van der Waals surface area contributed by atoms with Crippen LogP contribution in [0.4, 0.5) is 4.79 Å². The maximum atomic E-state index is 11.3. The molecule has 19 heavy (non-hydrogen) atoms. The van der Waals surface area contributed by atoms with Crippen molar-refractivity contribution >= 4 is 16.9 Å². The standard InChI is InChI=1S/C14H14O5/c1-16-11-8-12(17-2)13(19-14(15)18-3)10-7-5-4-6-9(10)11/h4-8H,1-3H3. The molecule has 0 saturated heterocycles. The number of rotatable bonds is 3. The number of methoxy groups -OCH3 is 3. The van der Waals surface area contributed by atoms with Gasteiger partial charge >= 0.3 is 6.16 Å². The summed E-state index contributed by atoms with van der Waals surface area (Å²) in [6, 6.07) is 9.07. The van der Waals surface area contributed by atoms with Crippen LogP contribution in [-0.2, 0) is 4.74 Å². The van der Waals surface area contributed by atoms with Gasteiger partial charge in [0.2, 0.25) is 0 Å². The van der Waals surface area contributed by atoms with Crippen LogP contribution in [0, 0.1) is 0 Å². The van der Waals surface area contributed by atoms with Crippen molar-refractivity contribution in [2.24, 2.45) is 0 Å². The summed E-state index contributed by atoms with van der Waals surface area (Å²) in [7, 11) is 4.32. The van der Waals surface area contributed by atoms with Crippen molar-refractivity contribution in [3.8, 4) is 17.2 Å². The van der Waals surface area contributed by atoms with Crippen LogP contribution in [0.2, 0.25) is 0 Å². The molecule has 0 fully saturated rings. The Kier molecular flexibility index (Phi) is 3.75. The van der Waals surface area contributed by atoms with Gasteiger partial charge in [-0.1, -0.05) is 24.3 Å². The number of ether oxygens (including phenoxy) is 4. The molecular weight excluding hydrogens is 248 g/mol. The summed E-state index contributed by atoms with van der Waals surface area (Å²) >= 11 is 0. The van der Waals surface area contributed by atoms with E-state index in [1.165, 1.54) is 14.2 Å². The zero-order valence-corrected chi connectivity index (χ0v) is 10.9. The lowest BCUT2D eigenvalue weighted by atomic mass is 10.1. The first-order valence-corrected chi connectivity index (χ1v) is 5.60. The lowest BCUT2D eigenvalue weighted by Gasteiger charge is -2.14. The Labute approximate surface area is 110 Å². The molecule has 0 unspecified atom stereocenters. The molecule has 0 aliphatic carbocycles. The summed E-state index contributed by atoms with van der Waals surface area (Å²) in [4.78, 5) is 11.3. The molecule has 0 aromatic heterocycles. The lowest BCUT2D eigenvalue weighted by Crippen LogP contribution is -2.08. The number of hydrogen-bond donors (Lipinski definition) is 0. The van der Waals surface area contributed by atoms with Crippen LogP contribution in [0.25, 0.3) is 10.8 Å². The van der Waals surface area contributed by atoms with E-state index in [9.17, 15) is 4.79 Å². The first kappa shape index (κ1) is 13.0. The SMILES string of the molecule is COC(=O)Oc1c(OC)cc(OC)c2ccccc12. The van der Waals surface area contributed by atoms with E-state index >= 15 is 0 Å². The molecule has 0 radical (unpaired) electrons. The van der Waals surface area contributed by atoms with E-state index in [0.717, 1.165) is 5.39 Å². The third-order valence-corrected chi connectivity index (χ3v) is 2.72. The van der Waals surface area contributed by atoms with Gasteiger partial charge in [0.25, 0.3) is 0 Å². The molecule has 2 aromatic carbocycles. The largest absolute Gasteiger partial charge is 0.513 e. The highest BCUT2D eigenvalue weighted by molar-refractivity contribution is 5.96. The van der Waals surface area contributed by atoms with Gasteiger partial charge in [0, 0.05) is 16.8 Å². The lowest BCUT2D eigenvalue weighted by molar-refractivity contribution is 0.120. The first-order valence-electron chi connectivity index (χ1n) is 5.60. The van der Waals surface area contributed by atoms with Crippen LogP contribution in [-0.4, -0.2) is 27.5 Å². The van der Waals surface area contributed by atoms with Gasteiger partial charge in [0.05, 0.1) is 21.3 Å². The van der Waals surface area contributed by atoms with E-state index in [4.69, 9.17) is 14.2 Å². The molecule has 0 spiro atoms. The number of carbonyl (C=O) groups is 1. The topological polar surface area (TPSA) is 54.0 Å². The molecular formula is C14H14O5. The highest BCUT2D eigenvalue weighted by Gasteiger charge is 2.17. The number of hydrogen-bond acceptors (Lipinski definition) is 5. The molecule has 0 aliphatic heterocycles. The van der Waals surface area contributed by atoms with Gasteiger partial charge < -0.3 is 18.9 Å². The highest BCUT2D eigenvalue weighted by Crippen LogP contribution is 2.41. The summed E-state index contributed by atoms with van der Waals surface area (Å²) in [5.74, 6) is 1.36. The van der Waals surface area contributed by atoms with Gasteiger partial charge in [0.1, 0.15) is 5.75 Å². The van der Waals surface area contributed by atoms with Gasteiger partial charge in [-0.3, -0.25) is 0 Å². The van der Waals surface area contributed by atoms with E-state index in [1.807, 2.05) is 24.3 Å². The average Bonchev–Trinajstić information content (AvgIpc) is 2.47. The molecule has 5 nitrogen and oxygen atoms in total. The maximum absolute atomic E-state index is 11.3. The fraction of sp³-hybridized carbons (Fsp3) is 0.214. The summed E-state index contributed by atoms with van der Waals surface area (Å²) < 4.78 is 20.2. The zero-order valence-electron chi connectivity index (χ0n) is 10.9. The molecule has 0 aliphatic rings. The van der Waals surface area contributed by atoms with Crippen LogP contribution in [0.15, 0.2) is 30.3 Å². The zero-order chi connectivity index (χ0) is 13.8.